The summed E-state index contributed by atoms with van der Waals surface area (Å²) in [6.07, 6.45) is 6.61. The Labute approximate surface area is 130 Å². The zero-order valence-corrected chi connectivity index (χ0v) is 12.8. The van der Waals surface area contributed by atoms with Gasteiger partial charge in [-0.2, -0.15) is 0 Å². The van der Waals surface area contributed by atoms with E-state index in [9.17, 15) is 9.90 Å². The Balaban J connectivity index is 1.92. The van der Waals surface area contributed by atoms with Crippen LogP contribution >= 0.6 is 0 Å². The molecule has 1 fully saturated rings. The maximum atomic E-state index is 11.4. The second-order valence-corrected chi connectivity index (χ2v) is 5.94. The molecule has 1 heterocycles. The van der Waals surface area contributed by atoms with Gasteiger partial charge in [0.25, 0.3) is 0 Å². The van der Waals surface area contributed by atoms with Crippen LogP contribution in [0.5, 0.6) is 0 Å². The van der Waals surface area contributed by atoms with Gasteiger partial charge in [0.15, 0.2) is 5.69 Å². The standard InChI is InChI=1S/C17H21N3O2/c1-2-3-5-12-8-10-14(11-9-12)20-16(13-6-4-7-13)15(17(21)22)18-19-20/h8-11,13H,2-7H2,1H3,(H,21,22). The highest BCUT2D eigenvalue weighted by molar-refractivity contribution is 5.86. The normalized spacial score (nSPS) is 14.8. The minimum absolute atomic E-state index is 0.0970. The molecule has 22 heavy (non-hydrogen) atoms. The second kappa shape index (κ2) is 6.30. The van der Waals surface area contributed by atoms with Gasteiger partial charge in [0.1, 0.15) is 0 Å². The maximum absolute atomic E-state index is 11.4. The molecule has 0 atom stereocenters. The SMILES string of the molecule is CCCCc1ccc(-n2nnc(C(=O)O)c2C2CCC2)cc1. The summed E-state index contributed by atoms with van der Waals surface area (Å²) in [6.45, 7) is 2.18. The molecule has 0 bridgehead atoms. The largest absolute Gasteiger partial charge is 0.476 e. The third-order valence-corrected chi connectivity index (χ3v) is 4.40. The highest BCUT2D eigenvalue weighted by Crippen LogP contribution is 2.38. The monoisotopic (exact) mass is 299 g/mol. The van der Waals surface area contributed by atoms with Gasteiger partial charge in [0.05, 0.1) is 11.4 Å². The van der Waals surface area contributed by atoms with Crippen LogP contribution in [-0.4, -0.2) is 26.1 Å². The Morgan fingerprint density at radius 3 is 2.59 bits per heavy atom. The van der Waals surface area contributed by atoms with Crippen molar-refractivity contribution in [3.63, 3.8) is 0 Å². The van der Waals surface area contributed by atoms with E-state index in [-0.39, 0.29) is 11.6 Å². The summed E-state index contributed by atoms with van der Waals surface area (Å²) < 4.78 is 1.71. The van der Waals surface area contributed by atoms with Crippen molar-refractivity contribution in [1.29, 1.82) is 0 Å². The van der Waals surface area contributed by atoms with Crippen molar-refractivity contribution in [3.05, 3.63) is 41.2 Å². The van der Waals surface area contributed by atoms with Crippen LogP contribution in [-0.2, 0) is 6.42 Å². The average Bonchev–Trinajstić information content (AvgIpc) is 2.88. The minimum atomic E-state index is -0.993. The van der Waals surface area contributed by atoms with Crippen molar-refractivity contribution < 1.29 is 9.90 Å². The first-order chi connectivity index (χ1) is 10.7. The molecule has 1 N–H and O–H groups in total. The summed E-state index contributed by atoms with van der Waals surface area (Å²) in [5, 5.41) is 17.3. The summed E-state index contributed by atoms with van der Waals surface area (Å²) in [6, 6.07) is 8.20. The fourth-order valence-corrected chi connectivity index (χ4v) is 2.86. The number of hydrogen-bond acceptors (Lipinski definition) is 3. The molecule has 1 saturated carbocycles. The number of carbonyl (C=O) groups is 1. The zero-order valence-electron chi connectivity index (χ0n) is 12.8. The van der Waals surface area contributed by atoms with E-state index in [4.69, 9.17) is 0 Å². The van der Waals surface area contributed by atoms with Gasteiger partial charge in [-0.05, 0) is 43.4 Å². The van der Waals surface area contributed by atoms with Gasteiger partial charge < -0.3 is 5.11 Å². The fourth-order valence-electron chi connectivity index (χ4n) is 2.86. The number of hydrogen-bond donors (Lipinski definition) is 1. The van der Waals surface area contributed by atoms with Crippen LogP contribution in [0, 0.1) is 0 Å². The van der Waals surface area contributed by atoms with Crippen LogP contribution in [0.3, 0.4) is 0 Å². The van der Waals surface area contributed by atoms with E-state index in [0.717, 1.165) is 37.1 Å². The lowest BCUT2D eigenvalue weighted by Crippen LogP contribution is -2.17. The van der Waals surface area contributed by atoms with Gasteiger partial charge in [-0.25, -0.2) is 9.48 Å². The summed E-state index contributed by atoms with van der Waals surface area (Å²) in [7, 11) is 0. The molecule has 5 heteroatoms. The van der Waals surface area contributed by atoms with Gasteiger partial charge in [-0.1, -0.05) is 37.1 Å². The topological polar surface area (TPSA) is 68.0 Å². The lowest BCUT2D eigenvalue weighted by molar-refractivity contribution is 0.0687. The lowest BCUT2D eigenvalue weighted by atomic mass is 9.82. The molecular formula is C17H21N3O2. The van der Waals surface area contributed by atoms with Crippen molar-refractivity contribution in [1.82, 2.24) is 15.0 Å². The first-order valence-electron chi connectivity index (χ1n) is 7.99. The number of unbranched alkanes of at least 4 members (excludes halogenated alkanes) is 1. The number of carboxylic acid groups (broad SMARTS) is 1. The van der Waals surface area contributed by atoms with Gasteiger partial charge in [0, 0.05) is 5.92 Å². The third-order valence-electron chi connectivity index (χ3n) is 4.40. The van der Waals surface area contributed by atoms with Crippen molar-refractivity contribution in [2.75, 3.05) is 0 Å². The van der Waals surface area contributed by atoms with Crippen LogP contribution in [0.15, 0.2) is 24.3 Å². The Morgan fingerprint density at radius 1 is 1.32 bits per heavy atom. The van der Waals surface area contributed by atoms with E-state index in [0.29, 0.717) is 0 Å². The minimum Gasteiger partial charge on any atom is -0.476 e. The van der Waals surface area contributed by atoms with Crippen LogP contribution in [0.2, 0.25) is 0 Å². The van der Waals surface area contributed by atoms with Crippen LogP contribution < -0.4 is 0 Å². The quantitative estimate of drug-likeness (QED) is 0.885. The first kappa shape index (κ1) is 14.8. The number of aromatic carboxylic acids is 1. The molecule has 0 spiro atoms. The fraction of sp³-hybridized carbons (Fsp3) is 0.471. The first-order valence-corrected chi connectivity index (χ1v) is 7.99. The van der Waals surface area contributed by atoms with Crippen LogP contribution in [0.1, 0.15) is 66.7 Å². The number of rotatable bonds is 6. The van der Waals surface area contributed by atoms with Gasteiger partial charge in [0.2, 0.25) is 0 Å². The molecule has 5 nitrogen and oxygen atoms in total. The summed E-state index contributed by atoms with van der Waals surface area (Å²) in [4.78, 5) is 11.4. The van der Waals surface area contributed by atoms with Crippen LogP contribution in [0.4, 0.5) is 0 Å². The molecule has 0 saturated heterocycles. The molecule has 1 aliphatic carbocycles. The molecule has 1 aromatic carbocycles. The number of carboxylic acids is 1. The van der Waals surface area contributed by atoms with Crippen molar-refractivity contribution in [2.24, 2.45) is 0 Å². The molecule has 116 valence electrons. The Kier molecular flexibility index (Phi) is 4.22. The molecule has 1 aromatic heterocycles. The molecule has 0 radical (unpaired) electrons. The van der Waals surface area contributed by atoms with E-state index < -0.39 is 5.97 Å². The van der Waals surface area contributed by atoms with Gasteiger partial charge >= 0.3 is 5.97 Å². The lowest BCUT2D eigenvalue weighted by Gasteiger charge is -2.26. The Bertz CT molecular complexity index is 657. The van der Waals surface area contributed by atoms with E-state index in [1.807, 2.05) is 12.1 Å². The van der Waals surface area contributed by atoms with E-state index in [2.05, 4.69) is 29.4 Å². The average molecular weight is 299 g/mol. The Morgan fingerprint density at radius 2 is 2.05 bits per heavy atom. The third kappa shape index (κ3) is 2.75. The summed E-state index contributed by atoms with van der Waals surface area (Å²) in [5.74, 6) is -0.728. The van der Waals surface area contributed by atoms with E-state index in [1.165, 1.54) is 18.4 Å². The Hall–Kier alpha value is -2.17. The second-order valence-electron chi connectivity index (χ2n) is 5.94. The highest BCUT2D eigenvalue weighted by atomic mass is 16.4. The van der Waals surface area contributed by atoms with Crippen molar-refractivity contribution in [3.8, 4) is 5.69 Å². The zero-order chi connectivity index (χ0) is 15.5. The summed E-state index contributed by atoms with van der Waals surface area (Å²) >= 11 is 0. The molecule has 0 aliphatic heterocycles. The molecule has 0 amide bonds. The van der Waals surface area contributed by atoms with Crippen LogP contribution in [0.25, 0.3) is 5.69 Å². The summed E-state index contributed by atoms with van der Waals surface area (Å²) in [5.41, 5.74) is 3.04. The van der Waals surface area contributed by atoms with E-state index in [1.54, 1.807) is 4.68 Å². The van der Waals surface area contributed by atoms with E-state index >= 15 is 0 Å². The smallest absolute Gasteiger partial charge is 0.358 e. The van der Waals surface area contributed by atoms with Gasteiger partial charge in [-0.3, -0.25) is 0 Å². The molecule has 3 rings (SSSR count). The van der Waals surface area contributed by atoms with Crippen molar-refractivity contribution in [2.45, 2.75) is 51.4 Å². The highest BCUT2D eigenvalue weighted by Gasteiger charge is 2.30. The maximum Gasteiger partial charge on any atom is 0.358 e. The number of aromatic nitrogens is 3. The molecule has 0 unspecified atom stereocenters. The molecule has 2 aromatic rings. The number of nitrogens with zero attached hydrogens (tertiary/aromatic N) is 3. The van der Waals surface area contributed by atoms with Gasteiger partial charge in [-0.15, -0.1) is 5.10 Å². The predicted octanol–water partition coefficient (Wildman–Crippen LogP) is 3.58. The number of aryl methyl sites for hydroxylation is 1. The molecular weight excluding hydrogens is 278 g/mol. The number of benzene rings is 1. The predicted molar refractivity (Wildman–Crippen MR) is 83.5 cm³/mol. The van der Waals surface area contributed by atoms with Crippen molar-refractivity contribution >= 4 is 5.97 Å². The molecule has 1 aliphatic rings.